The van der Waals surface area contributed by atoms with E-state index in [2.05, 4.69) is 59.7 Å². The maximum atomic E-state index is 3.36. The maximum absolute atomic E-state index is 3.36. The summed E-state index contributed by atoms with van der Waals surface area (Å²) in [7, 11) is 0. The number of benzene rings is 1. The molecule has 0 aliphatic carbocycles. The van der Waals surface area contributed by atoms with Gasteiger partial charge in [-0.3, -0.25) is 0 Å². The zero-order valence-corrected chi connectivity index (χ0v) is 12.7. The van der Waals surface area contributed by atoms with Gasteiger partial charge in [-0.1, -0.05) is 53.7 Å². The molecule has 0 saturated heterocycles. The molecule has 0 amide bonds. The first kappa shape index (κ1) is 14.0. The van der Waals surface area contributed by atoms with Gasteiger partial charge in [-0.2, -0.15) is 0 Å². The Balaban J connectivity index is 2.92. The predicted molar refractivity (Wildman–Crippen MR) is 76.5 cm³/mol. The summed E-state index contributed by atoms with van der Waals surface area (Å²) in [6.07, 6.45) is 0. The van der Waals surface area contributed by atoms with Gasteiger partial charge in [0, 0.05) is 19.3 Å². The van der Waals surface area contributed by atoms with Crippen LogP contribution in [0.1, 0.15) is 41.5 Å². The smallest absolute Gasteiger partial charge is 0.0292 e. The fraction of sp³-hybridized carbons (Fsp3) is 0.571. The van der Waals surface area contributed by atoms with Crippen LogP contribution in [-0.2, 0) is 0 Å². The number of rotatable bonds is 2. The normalized spacial score (nSPS) is 12.9. The quantitative estimate of drug-likeness (QED) is 0.659. The first-order valence-electron chi connectivity index (χ1n) is 5.56. The molecule has 1 radical (unpaired) electrons. The number of hydrogen-bond donors (Lipinski definition) is 0. The molecule has 1 rings (SSSR count). The SMILES string of the molecule is CC(C)(C)Sc1[c]cccc1SC(C)(C)C. The summed E-state index contributed by atoms with van der Waals surface area (Å²) in [6, 6.07) is 9.62. The molecule has 0 fully saturated rings. The molecule has 2 heteroatoms. The summed E-state index contributed by atoms with van der Waals surface area (Å²) in [5, 5.41) is 0. The van der Waals surface area contributed by atoms with Crippen molar-refractivity contribution in [2.45, 2.75) is 60.8 Å². The molecule has 0 N–H and O–H groups in total. The van der Waals surface area contributed by atoms with Gasteiger partial charge in [0.2, 0.25) is 0 Å². The molecule has 0 unspecified atom stereocenters. The topological polar surface area (TPSA) is 0 Å². The van der Waals surface area contributed by atoms with Crippen molar-refractivity contribution in [1.29, 1.82) is 0 Å². The van der Waals surface area contributed by atoms with Crippen molar-refractivity contribution >= 4 is 23.5 Å². The van der Waals surface area contributed by atoms with Crippen LogP contribution in [0.3, 0.4) is 0 Å². The van der Waals surface area contributed by atoms with Gasteiger partial charge < -0.3 is 0 Å². The van der Waals surface area contributed by atoms with Gasteiger partial charge >= 0.3 is 0 Å². The van der Waals surface area contributed by atoms with Gasteiger partial charge in [0.1, 0.15) is 0 Å². The Bertz CT molecular complexity index is 307. The van der Waals surface area contributed by atoms with Crippen molar-refractivity contribution in [2.24, 2.45) is 0 Å². The van der Waals surface area contributed by atoms with E-state index in [1.165, 1.54) is 9.79 Å². The van der Waals surface area contributed by atoms with Crippen molar-refractivity contribution in [3.8, 4) is 0 Å². The third kappa shape index (κ3) is 5.31. The highest BCUT2D eigenvalue weighted by atomic mass is 32.2. The minimum Gasteiger partial charge on any atom is -0.119 e. The summed E-state index contributed by atoms with van der Waals surface area (Å²) >= 11 is 3.81. The maximum Gasteiger partial charge on any atom is 0.0292 e. The van der Waals surface area contributed by atoms with Crippen LogP contribution in [0.4, 0.5) is 0 Å². The average Bonchev–Trinajstić information content (AvgIpc) is 2.03. The fourth-order valence-electron chi connectivity index (χ4n) is 1.20. The van der Waals surface area contributed by atoms with E-state index in [4.69, 9.17) is 0 Å². The molecule has 89 valence electrons. The van der Waals surface area contributed by atoms with Crippen LogP contribution < -0.4 is 0 Å². The molecule has 0 aromatic heterocycles. The molecular formula is C14H21S2. The number of hydrogen-bond acceptors (Lipinski definition) is 2. The third-order valence-electron chi connectivity index (χ3n) is 1.61. The van der Waals surface area contributed by atoms with Gasteiger partial charge in [-0.25, -0.2) is 0 Å². The molecule has 0 spiro atoms. The molecule has 16 heavy (non-hydrogen) atoms. The zero-order valence-electron chi connectivity index (χ0n) is 11.0. The summed E-state index contributed by atoms with van der Waals surface area (Å²) in [4.78, 5) is 2.62. The lowest BCUT2D eigenvalue weighted by Gasteiger charge is -2.23. The largest absolute Gasteiger partial charge is 0.119 e. The van der Waals surface area contributed by atoms with E-state index in [1.54, 1.807) is 0 Å². The predicted octanol–water partition coefficient (Wildman–Crippen LogP) is 5.27. The van der Waals surface area contributed by atoms with Gasteiger partial charge in [0.15, 0.2) is 0 Å². The monoisotopic (exact) mass is 253 g/mol. The Labute approximate surface area is 109 Å². The number of thioether (sulfide) groups is 2. The molecule has 0 aliphatic heterocycles. The molecule has 0 aliphatic rings. The highest BCUT2D eigenvalue weighted by molar-refractivity contribution is 8.03. The lowest BCUT2D eigenvalue weighted by atomic mass is 10.3. The highest BCUT2D eigenvalue weighted by Crippen LogP contribution is 2.41. The molecular weight excluding hydrogens is 232 g/mol. The zero-order chi connectivity index (χ0) is 12.4. The first-order valence-corrected chi connectivity index (χ1v) is 7.19. The molecule has 0 nitrogen and oxygen atoms in total. The molecule has 0 bridgehead atoms. The lowest BCUT2D eigenvalue weighted by molar-refractivity contribution is 0.794. The Morgan fingerprint density at radius 3 is 2.00 bits per heavy atom. The van der Waals surface area contributed by atoms with Crippen LogP contribution in [0.2, 0.25) is 0 Å². The summed E-state index contributed by atoms with van der Waals surface area (Å²) in [5.74, 6) is 0. The second-order valence-electron chi connectivity index (χ2n) is 5.79. The van der Waals surface area contributed by atoms with Crippen LogP contribution >= 0.6 is 23.5 Å². The van der Waals surface area contributed by atoms with Gasteiger partial charge in [-0.15, -0.1) is 23.5 Å². The van der Waals surface area contributed by atoms with E-state index < -0.39 is 0 Å². The highest BCUT2D eigenvalue weighted by Gasteiger charge is 2.18. The average molecular weight is 253 g/mol. The van der Waals surface area contributed by atoms with Crippen molar-refractivity contribution in [1.82, 2.24) is 0 Å². The van der Waals surface area contributed by atoms with Crippen LogP contribution in [-0.4, -0.2) is 9.49 Å². The van der Waals surface area contributed by atoms with E-state index in [1.807, 2.05) is 29.6 Å². The van der Waals surface area contributed by atoms with Crippen molar-refractivity contribution < 1.29 is 0 Å². The Hall–Kier alpha value is -0.0800. The van der Waals surface area contributed by atoms with Crippen molar-refractivity contribution in [2.75, 3.05) is 0 Å². The van der Waals surface area contributed by atoms with E-state index in [0.717, 1.165) is 0 Å². The van der Waals surface area contributed by atoms with Crippen molar-refractivity contribution in [3.05, 3.63) is 24.3 Å². The Morgan fingerprint density at radius 1 is 0.938 bits per heavy atom. The molecule has 0 atom stereocenters. The van der Waals surface area contributed by atoms with Crippen LogP contribution in [0.15, 0.2) is 28.0 Å². The second kappa shape index (κ2) is 5.05. The van der Waals surface area contributed by atoms with Gasteiger partial charge in [-0.05, 0) is 12.1 Å². The summed E-state index contributed by atoms with van der Waals surface area (Å²) < 4.78 is 0.493. The standard InChI is InChI=1S/C14H21S2/c1-13(2,3)15-11-9-7-8-10-12(11)16-14(4,5)6/h7-9H,1-6H3. The van der Waals surface area contributed by atoms with Crippen molar-refractivity contribution in [3.63, 3.8) is 0 Å². The van der Waals surface area contributed by atoms with E-state index in [9.17, 15) is 0 Å². The fourth-order valence-corrected chi connectivity index (χ4v) is 3.32. The van der Waals surface area contributed by atoms with E-state index >= 15 is 0 Å². The summed E-state index contributed by atoms with van der Waals surface area (Å²) in [6.45, 7) is 13.5. The van der Waals surface area contributed by atoms with Gasteiger partial charge in [0.05, 0.1) is 0 Å². The van der Waals surface area contributed by atoms with Crippen LogP contribution in [0.5, 0.6) is 0 Å². The van der Waals surface area contributed by atoms with Crippen LogP contribution in [0.25, 0.3) is 0 Å². The third-order valence-corrected chi connectivity index (χ3v) is 4.06. The van der Waals surface area contributed by atoms with E-state index in [0.29, 0.717) is 0 Å². The minimum atomic E-state index is 0.241. The van der Waals surface area contributed by atoms with E-state index in [-0.39, 0.29) is 9.49 Å². The minimum absolute atomic E-state index is 0.241. The first-order chi connectivity index (χ1) is 7.17. The Kier molecular flexibility index (Phi) is 4.42. The van der Waals surface area contributed by atoms with Gasteiger partial charge in [0.25, 0.3) is 0 Å². The molecule has 0 heterocycles. The molecule has 0 saturated carbocycles. The molecule has 1 aromatic rings. The lowest BCUT2D eigenvalue weighted by Crippen LogP contribution is -2.09. The Morgan fingerprint density at radius 2 is 1.50 bits per heavy atom. The van der Waals surface area contributed by atoms with Crippen LogP contribution in [0, 0.1) is 6.07 Å². The molecule has 1 aromatic carbocycles. The second-order valence-corrected chi connectivity index (χ2v) is 9.50. The summed E-state index contributed by atoms with van der Waals surface area (Å²) in [5.41, 5.74) is 0.